The van der Waals surface area contributed by atoms with Crippen molar-refractivity contribution < 1.29 is 9.47 Å². The first-order valence-electron chi connectivity index (χ1n) is 11.6. The van der Waals surface area contributed by atoms with Gasteiger partial charge in [0, 0.05) is 56.6 Å². The summed E-state index contributed by atoms with van der Waals surface area (Å²) in [5.41, 5.74) is 3.63. The van der Waals surface area contributed by atoms with Crippen molar-refractivity contribution >= 4 is 17.2 Å². The molecule has 0 radical (unpaired) electrons. The predicted molar refractivity (Wildman–Crippen MR) is 134 cm³/mol. The van der Waals surface area contributed by atoms with E-state index in [2.05, 4.69) is 34.1 Å². The molecule has 0 bridgehead atoms. The van der Waals surface area contributed by atoms with E-state index >= 15 is 0 Å². The Bertz CT molecular complexity index is 1500. The van der Waals surface area contributed by atoms with Crippen LogP contribution in [0.1, 0.15) is 25.5 Å². The van der Waals surface area contributed by atoms with Gasteiger partial charge < -0.3 is 19.4 Å². The molecule has 0 unspecified atom stereocenters. The SMILES string of the molecule is COCCOc1cc(Nc2nc(-c3nccn3C)nn3cc(-c4ccn(C(C)C)n4)c(C)c23)ncn1. The smallest absolute Gasteiger partial charge is 0.218 e. The highest BCUT2D eigenvalue weighted by atomic mass is 16.5. The third-order valence-electron chi connectivity index (χ3n) is 5.74. The molecular weight excluding hydrogens is 460 g/mol. The number of aryl methyl sites for hydroxylation is 2. The summed E-state index contributed by atoms with van der Waals surface area (Å²) in [6.45, 7) is 7.08. The summed E-state index contributed by atoms with van der Waals surface area (Å²) in [5.74, 6) is 2.66. The maximum Gasteiger partial charge on any atom is 0.218 e. The van der Waals surface area contributed by atoms with Crippen LogP contribution in [0.2, 0.25) is 0 Å². The largest absolute Gasteiger partial charge is 0.475 e. The molecule has 0 amide bonds. The number of aromatic nitrogens is 9. The fraction of sp³-hybridized carbons (Fsp3) is 0.333. The minimum atomic E-state index is 0.265. The van der Waals surface area contributed by atoms with Crippen LogP contribution in [0.25, 0.3) is 28.4 Å². The van der Waals surface area contributed by atoms with Crippen molar-refractivity contribution in [2.45, 2.75) is 26.8 Å². The number of anilines is 2. The van der Waals surface area contributed by atoms with Crippen molar-refractivity contribution in [3.8, 4) is 28.8 Å². The number of imidazole rings is 1. The number of methoxy groups -OCH3 is 1. The van der Waals surface area contributed by atoms with Gasteiger partial charge in [0.25, 0.3) is 0 Å². The van der Waals surface area contributed by atoms with Crippen molar-refractivity contribution in [3.05, 3.63) is 48.8 Å². The van der Waals surface area contributed by atoms with Gasteiger partial charge in [-0.2, -0.15) is 5.10 Å². The molecule has 5 aromatic heterocycles. The summed E-state index contributed by atoms with van der Waals surface area (Å²) < 4.78 is 16.3. The zero-order valence-corrected chi connectivity index (χ0v) is 20.9. The molecule has 12 heteroatoms. The minimum Gasteiger partial charge on any atom is -0.475 e. The molecule has 0 aliphatic carbocycles. The lowest BCUT2D eigenvalue weighted by molar-refractivity contribution is 0.143. The van der Waals surface area contributed by atoms with Crippen molar-refractivity contribution in [2.75, 3.05) is 25.6 Å². The summed E-state index contributed by atoms with van der Waals surface area (Å²) in [5, 5.41) is 12.9. The number of ether oxygens (including phenoxy) is 2. The van der Waals surface area contributed by atoms with Crippen LogP contribution in [-0.2, 0) is 11.8 Å². The summed E-state index contributed by atoms with van der Waals surface area (Å²) in [4.78, 5) is 17.8. The Kier molecular flexibility index (Phi) is 6.34. The lowest BCUT2D eigenvalue weighted by Crippen LogP contribution is -2.08. The second-order valence-corrected chi connectivity index (χ2v) is 8.59. The summed E-state index contributed by atoms with van der Waals surface area (Å²) in [7, 11) is 3.53. The first-order chi connectivity index (χ1) is 17.4. The van der Waals surface area contributed by atoms with E-state index in [-0.39, 0.29) is 6.04 Å². The van der Waals surface area contributed by atoms with Gasteiger partial charge >= 0.3 is 0 Å². The van der Waals surface area contributed by atoms with Crippen LogP contribution in [0.4, 0.5) is 11.6 Å². The third kappa shape index (κ3) is 4.50. The quantitative estimate of drug-likeness (QED) is 0.311. The fourth-order valence-electron chi connectivity index (χ4n) is 3.86. The van der Waals surface area contributed by atoms with Gasteiger partial charge in [0.15, 0.2) is 11.6 Å². The first kappa shape index (κ1) is 23.4. The Labute approximate surface area is 208 Å². The molecule has 12 nitrogen and oxygen atoms in total. The molecule has 0 atom stereocenters. The van der Waals surface area contributed by atoms with Crippen LogP contribution < -0.4 is 10.1 Å². The molecule has 186 valence electrons. The number of hydrogen-bond acceptors (Lipinski definition) is 9. The van der Waals surface area contributed by atoms with E-state index in [1.807, 2.05) is 52.4 Å². The van der Waals surface area contributed by atoms with E-state index in [9.17, 15) is 0 Å². The minimum absolute atomic E-state index is 0.265. The van der Waals surface area contributed by atoms with Crippen LogP contribution in [0.5, 0.6) is 5.88 Å². The highest BCUT2D eigenvalue weighted by Crippen LogP contribution is 2.32. The Morgan fingerprint density at radius 3 is 2.67 bits per heavy atom. The molecule has 0 saturated carbocycles. The van der Waals surface area contributed by atoms with Crippen molar-refractivity contribution in [1.82, 2.24) is 43.9 Å². The molecule has 0 fully saturated rings. The Hall–Kier alpha value is -4.32. The second-order valence-electron chi connectivity index (χ2n) is 8.59. The Balaban J connectivity index is 1.60. The van der Waals surface area contributed by atoms with Gasteiger partial charge in [-0.25, -0.2) is 24.5 Å². The summed E-state index contributed by atoms with van der Waals surface area (Å²) >= 11 is 0. The van der Waals surface area contributed by atoms with Gasteiger partial charge in [-0.3, -0.25) is 4.68 Å². The number of fused-ring (bicyclic) bond motifs is 1. The van der Waals surface area contributed by atoms with E-state index in [0.29, 0.717) is 42.4 Å². The summed E-state index contributed by atoms with van der Waals surface area (Å²) in [6.07, 6.45) is 8.97. The van der Waals surface area contributed by atoms with E-state index in [1.54, 1.807) is 19.4 Å². The van der Waals surface area contributed by atoms with Crippen LogP contribution in [0.3, 0.4) is 0 Å². The van der Waals surface area contributed by atoms with Crippen LogP contribution in [0, 0.1) is 6.92 Å². The van der Waals surface area contributed by atoms with Gasteiger partial charge in [0.2, 0.25) is 11.7 Å². The van der Waals surface area contributed by atoms with E-state index < -0.39 is 0 Å². The maximum atomic E-state index is 5.64. The number of rotatable bonds is 9. The van der Waals surface area contributed by atoms with Gasteiger partial charge in [-0.15, -0.1) is 5.10 Å². The second kappa shape index (κ2) is 9.74. The van der Waals surface area contributed by atoms with Crippen molar-refractivity contribution in [2.24, 2.45) is 7.05 Å². The van der Waals surface area contributed by atoms with Gasteiger partial charge in [0.05, 0.1) is 12.3 Å². The van der Waals surface area contributed by atoms with E-state index in [4.69, 9.17) is 24.7 Å². The van der Waals surface area contributed by atoms with Gasteiger partial charge in [-0.1, -0.05) is 0 Å². The molecule has 0 aromatic carbocycles. The zero-order valence-electron chi connectivity index (χ0n) is 20.9. The number of nitrogens with zero attached hydrogens (tertiary/aromatic N) is 9. The standard InChI is InChI=1S/C24H28N10O2/c1-15(2)33-8-6-18(30-33)17-13-34-21(16(17)3)22(29-23(31-34)24-25-7-9-32(24)4)28-19-12-20(27-14-26-19)36-11-10-35-5/h6-9,12-15H,10-11H2,1-5H3,(H,26,27,28,29,31). The molecule has 5 rings (SSSR count). The maximum absolute atomic E-state index is 5.64. The number of hydrogen-bond donors (Lipinski definition) is 1. The van der Waals surface area contributed by atoms with Crippen molar-refractivity contribution in [1.29, 1.82) is 0 Å². The van der Waals surface area contributed by atoms with Crippen LogP contribution >= 0.6 is 0 Å². The fourth-order valence-corrected chi connectivity index (χ4v) is 3.86. The predicted octanol–water partition coefficient (Wildman–Crippen LogP) is 3.44. The van der Waals surface area contributed by atoms with E-state index in [1.165, 1.54) is 6.33 Å². The zero-order chi connectivity index (χ0) is 25.2. The molecular formula is C24H28N10O2. The molecule has 0 saturated heterocycles. The molecule has 5 heterocycles. The average molecular weight is 489 g/mol. The highest BCUT2D eigenvalue weighted by Gasteiger charge is 2.20. The molecule has 0 aliphatic heterocycles. The molecule has 0 aliphatic rings. The lowest BCUT2D eigenvalue weighted by Gasteiger charge is -2.11. The lowest BCUT2D eigenvalue weighted by atomic mass is 10.1. The first-order valence-corrected chi connectivity index (χ1v) is 11.6. The monoisotopic (exact) mass is 488 g/mol. The molecule has 0 spiro atoms. The Morgan fingerprint density at radius 1 is 1.08 bits per heavy atom. The molecule has 36 heavy (non-hydrogen) atoms. The third-order valence-corrected chi connectivity index (χ3v) is 5.74. The molecule has 1 N–H and O–H groups in total. The molecule has 5 aromatic rings. The normalized spacial score (nSPS) is 11.5. The van der Waals surface area contributed by atoms with Crippen LogP contribution in [-0.4, -0.2) is 64.2 Å². The Morgan fingerprint density at radius 2 is 1.94 bits per heavy atom. The van der Waals surface area contributed by atoms with Gasteiger partial charge in [0.1, 0.15) is 24.3 Å². The van der Waals surface area contributed by atoms with Crippen molar-refractivity contribution in [3.63, 3.8) is 0 Å². The van der Waals surface area contributed by atoms with Crippen LogP contribution in [0.15, 0.2) is 43.2 Å². The highest BCUT2D eigenvalue weighted by molar-refractivity contribution is 5.84. The topological polar surface area (TPSA) is 122 Å². The number of nitrogens with one attached hydrogen (secondary N) is 1. The van der Waals surface area contributed by atoms with E-state index in [0.717, 1.165) is 22.3 Å². The van der Waals surface area contributed by atoms with Gasteiger partial charge in [-0.05, 0) is 32.4 Å². The average Bonchev–Trinajstić information content (AvgIpc) is 3.58. The summed E-state index contributed by atoms with van der Waals surface area (Å²) in [6, 6.07) is 4.00.